The zero-order valence-electron chi connectivity index (χ0n) is 7.99. The molecule has 0 saturated carbocycles. The van der Waals surface area contributed by atoms with Gasteiger partial charge in [-0.15, -0.1) is 5.10 Å². The average molecular weight is 201 g/mol. The van der Waals surface area contributed by atoms with Gasteiger partial charge < -0.3 is 10.5 Å². The van der Waals surface area contributed by atoms with Gasteiger partial charge in [0.05, 0.1) is 6.61 Å². The molecule has 0 bridgehead atoms. The van der Waals surface area contributed by atoms with Crippen molar-refractivity contribution in [1.82, 2.24) is 10.2 Å². The largest absolute Gasteiger partial charge is 0.469 e. The minimum atomic E-state index is 0.458. The highest BCUT2D eigenvalue weighted by atomic mass is 32.1. The van der Waals surface area contributed by atoms with E-state index < -0.39 is 0 Å². The maximum atomic E-state index is 5.44. The van der Waals surface area contributed by atoms with Gasteiger partial charge in [0.25, 0.3) is 5.19 Å². The topological polar surface area (TPSA) is 61.0 Å². The standard InChI is InChI=1S/C8H15N3OS/c1-3-6(4-2)5-12-8-11-10-7(9)13-8/h6H,3-5H2,1-2H3,(H2,9,10). The van der Waals surface area contributed by atoms with Crippen molar-refractivity contribution in [2.24, 2.45) is 5.92 Å². The summed E-state index contributed by atoms with van der Waals surface area (Å²) in [7, 11) is 0. The van der Waals surface area contributed by atoms with Gasteiger partial charge in [0, 0.05) is 0 Å². The molecule has 0 aromatic carbocycles. The number of ether oxygens (including phenoxy) is 1. The second-order valence-corrected chi connectivity index (χ2v) is 3.87. The first-order valence-electron chi connectivity index (χ1n) is 4.48. The molecule has 0 unspecified atom stereocenters. The molecule has 2 N–H and O–H groups in total. The monoisotopic (exact) mass is 201 g/mol. The van der Waals surface area contributed by atoms with Gasteiger partial charge in [0.1, 0.15) is 0 Å². The van der Waals surface area contributed by atoms with E-state index >= 15 is 0 Å². The summed E-state index contributed by atoms with van der Waals surface area (Å²) in [5, 5.41) is 8.48. The molecule has 13 heavy (non-hydrogen) atoms. The van der Waals surface area contributed by atoms with Crippen LogP contribution in [0, 0.1) is 5.92 Å². The Labute approximate surface area is 82.1 Å². The molecule has 0 atom stereocenters. The number of nitrogens with two attached hydrogens (primary N) is 1. The van der Waals surface area contributed by atoms with Gasteiger partial charge in [0.15, 0.2) is 0 Å². The Morgan fingerprint density at radius 1 is 1.38 bits per heavy atom. The van der Waals surface area contributed by atoms with Crippen LogP contribution < -0.4 is 10.5 Å². The minimum Gasteiger partial charge on any atom is -0.469 e. The quantitative estimate of drug-likeness (QED) is 0.790. The van der Waals surface area contributed by atoms with Crippen LogP contribution in [0.5, 0.6) is 5.19 Å². The van der Waals surface area contributed by atoms with Crippen LogP contribution in [-0.4, -0.2) is 16.8 Å². The number of nitrogen functional groups attached to an aromatic ring is 1. The molecule has 0 aliphatic heterocycles. The second kappa shape index (κ2) is 5.01. The van der Waals surface area contributed by atoms with Crippen LogP contribution in [0.1, 0.15) is 26.7 Å². The molecule has 1 rings (SSSR count). The summed E-state index contributed by atoms with van der Waals surface area (Å²) in [6.45, 7) is 5.03. The third-order valence-corrected chi connectivity index (χ3v) is 2.68. The first kappa shape index (κ1) is 10.2. The smallest absolute Gasteiger partial charge is 0.295 e. The molecule has 4 nitrogen and oxygen atoms in total. The molecule has 1 aromatic heterocycles. The zero-order valence-corrected chi connectivity index (χ0v) is 8.80. The highest BCUT2D eigenvalue weighted by Gasteiger charge is 2.06. The minimum absolute atomic E-state index is 0.458. The third-order valence-electron chi connectivity index (χ3n) is 2.02. The van der Waals surface area contributed by atoms with Crippen molar-refractivity contribution in [2.75, 3.05) is 12.3 Å². The van der Waals surface area contributed by atoms with E-state index in [4.69, 9.17) is 10.5 Å². The molecular weight excluding hydrogens is 186 g/mol. The lowest BCUT2D eigenvalue weighted by atomic mass is 10.1. The highest BCUT2D eigenvalue weighted by molar-refractivity contribution is 7.16. The first-order chi connectivity index (χ1) is 6.26. The summed E-state index contributed by atoms with van der Waals surface area (Å²) < 4.78 is 5.44. The Balaban J connectivity index is 2.33. The van der Waals surface area contributed by atoms with Crippen LogP contribution in [0.3, 0.4) is 0 Å². The maximum absolute atomic E-state index is 5.44. The number of aromatic nitrogens is 2. The van der Waals surface area contributed by atoms with Crippen molar-refractivity contribution in [3.8, 4) is 5.19 Å². The van der Waals surface area contributed by atoms with Crippen molar-refractivity contribution in [3.63, 3.8) is 0 Å². The normalized spacial score (nSPS) is 10.7. The highest BCUT2D eigenvalue weighted by Crippen LogP contribution is 2.20. The predicted octanol–water partition coefficient (Wildman–Crippen LogP) is 1.94. The molecule has 74 valence electrons. The summed E-state index contributed by atoms with van der Waals surface area (Å²) in [4.78, 5) is 0. The Morgan fingerprint density at radius 3 is 2.54 bits per heavy atom. The van der Waals surface area contributed by atoms with E-state index in [2.05, 4.69) is 24.0 Å². The summed E-state index contributed by atoms with van der Waals surface area (Å²) in [5.74, 6) is 0.602. The molecular formula is C8H15N3OS. The molecule has 1 aromatic rings. The lowest BCUT2D eigenvalue weighted by Gasteiger charge is -2.10. The Bertz CT molecular complexity index is 247. The summed E-state index contributed by atoms with van der Waals surface area (Å²) >= 11 is 1.28. The molecule has 0 amide bonds. The van der Waals surface area contributed by atoms with Gasteiger partial charge in [-0.2, -0.15) is 0 Å². The van der Waals surface area contributed by atoms with Crippen molar-refractivity contribution in [3.05, 3.63) is 0 Å². The van der Waals surface area contributed by atoms with Crippen molar-refractivity contribution >= 4 is 16.5 Å². The number of hydrogen-bond donors (Lipinski definition) is 1. The van der Waals surface area contributed by atoms with E-state index in [1.165, 1.54) is 11.3 Å². The second-order valence-electron chi connectivity index (χ2n) is 2.90. The van der Waals surface area contributed by atoms with Gasteiger partial charge in [-0.1, -0.05) is 31.8 Å². The average Bonchev–Trinajstić information content (AvgIpc) is 2.53. The lowest BCUT2D eigenvalue weighted by molar-refractivity contribution is 0.238. The van der Waals surface area contributed by atoms with Gasteiger partial charge in [0.2, 0.25) is 5.13 Å². The van der Waals surface area contributed by atoms with E-state index in [0.29, 0.717) is 22.9 Å². The summed E-state index contributed by atoms with van der Waals surface area (Å²) in [6.07, 6.45) is 2.26. The van der Waals surface area contributed by atoms with E-state index in [9.17, 15) is 0 Å². The Kier molecular flexibility index (Phi) is 3.95. The van der Waals surface area contributed by atoms with E-state index in [1.54, 1.807) is 0 Å². The summed E-state index contributed by atoms with van der Waals surface area (Å²) in [5.41, 5.74) is 5.41. The SMILES string of the molecule is CCC(CC)COc1nnc(N)s1. The molecule has 0 aliphatic rings. The molecule has 5 heteroatoms. The van der Waals surface area contributed by atoms with E-state index in [1.807, 2.05) is 0 Å². The van der Waals surface area contributed by atoms with Gasteiger partial charge in [-0.25, -0.2) is 0 Å². The molecule has 0 fully saturated rings. The van der Waals surface area contributed by atoms with Gasteiger partial charge >= 0.3 is 0 Å². The number of hydrogen-bond acceptors (Lipinski definition) is 5. The third kappa shape index (κ3) is 3.18. The van der Waals surface area contributed by atoms with Crippen molar-refractivity contribution < 1.29 is 4.74 Å². The number of nitrogens with zero attached hydrogens (tertiary/aromatic N) is 2. The fraction of sp³-hybridized carbons (Fsp3) is 0.750. The number of anilines is 1. The fourth-order valence-corrected chi connectivity index (χ4v) is 1.46. The van der Waals surface area contributed by atoms with Crippen LogP contribution >= 0.6 is 11.3 Å². The van der Waals surface area contributed by atoms with Crippen LogP contribution in [0.15, 0.2) is 0 Å². The zero-order chi connectivity index (χ0) is 9.68. The van der Waals surface area contributed by atoms with Crippen molar-refractivity contribution in [1.29, 1.82) is 0 Å². The summed E-state index contributed by atoms with van der Waals surface area (Å²) in [6, 6.07) is 0. The predicted molar refractivity (Wildman–Crippen MR) is 53.9 cm³/mol. The molecule has 0 aliphatic carbocycles. The maximum Gasteiger partial charge on any atom is 0.295 e. The molecule has 1 heterocycles. The van der Waals surface area contributed by atoms with E-state index in [-0.39, 0.29) is 0 Å². The van der Waals surface area contributed by atoms with Crippen LogP contribution in [0.4, 0.5) is 5.13 Å². The molecule has 0 radical (unpaired) electrons. The first-order valence-corrected chi connectivity index (χ1v) is 5.29. The molecule has 0 saturated heterocycles. The van der Waals surface area contributed by atoms with Gasteiger partial charge in [-0.05, 0) is 17.3 Å². The van der Waals surface area contributed by atoms with Crippen LogP contribution in [0.2, 0.25) is 0 Å². The molecule has 0 spiro atoms. The Morgan fingerprint density at radius 2 is 2.08 bits per heavy atom. The van der Waals surface area contributed by atoms with E-state index in [0.717, 1.165) is 12.8 Å². The van der Waals surface area contributed by atoms with Crippen molar-refractivity contribution in [2.45, 2.75) is 26.7 Å². The van der Waals surface area contributed by atoms with Gasteiger partial charge in [-0.3, -0.25) is 0 Å². The Hall–Kier alpha value is -0.840. The van der Waals surface area contributed by atoms with Crippen LogP contribution in [0.25, 0.3) is 0 Å². The van der Waals surface area contributed by atoms with Crippen LogP contribution in [-0.2, 0) is 0 Å². The number of rotatable bonds is 5. The lowest BCUT2D eigenvalue weighted by Crippen LogP contribution is -2.09. The fourth-order valence-electron chi connectivity index (χ4n) is 0.992.